The summed E-state index contributed by atoms with van der Waals surface area (Å²) in [6, 6.07) is 7.66. The minimum atomic E-state index is -0.199. The molecule has 0 aliphatic heterocycles. The second kappa shape index (κ2) is 6.83. The van der Waals surface area contributed by atoms with E-state index in [0.29, 0.717) is 11.5 Å². The zero-order chi connectivity index (χ0) is 15.2. The number of hydrogen-bond donors (Lipinski definition) is 1. The number of carbonyl (C=O) groups excluding carboxylic acids is 1. The molecule has 0 spiro atoms. The van der Waals surface area contributed by atoms with Crippen LogP contribution in [0.1, 0.15) is 29.8 Å². The monoisotopic (exact) mass is 284 g/mol. The lowest BCUT2D eigenvalue weighted by Gasteiger charge is -2.18. The van der Waals surface area contributed by atoms with E-state index in [1.54, 1.807) is 12.4 Å². The lowest BCUT2D eigenvalue weighted by molar-refractivity contribution is 0.102. The molecule has 1 aromatic heterocycles. The van der Waals surface area contributed by atoms with Crippen molar-refractivity contribution < 1.29 is 4.79 Å². The van der Waals surface area contributed by atoms with Gasteiger partial charge in [0, 0.05) is 31.2 Å². The second-order valence-electron chi connectivity index (χ2n) is 4.71. The number of rotatable bonds is 5. The Labute approximate surface area is 125 Å². The van der Waals surface area contributed by atoms with Crippen molar-refractivity contribution in [3.8, 4) is 0 Å². The van der Waals surface area contributed by atoms with Gasteiger partial charge in [0.1, 0.15) is 0 Å². The number of hydrogen-bond acceptors (Lipinski definition) is 4. The molecule has 1 amide bonds. The number of aryl methyl sites for hydroxylation is 1. The Kier molecular flexibility index (Phi) is 4.87. The maximum atomic E-state index is 12.2. The van der Waals surface area contributed by atoms with Crippen LogP contribution in [0, 0.1) is 6.92 Å². The first kappa shape index (κ1) is 15.0. The van der Waals surface area contributed by atoms with Crippen LogP contribution >= 0.6 is 0 Å². The predicted molar refractivity (Wildman–Crippen MR) is 84.7 cm³/mol. The van der Waals surface area contributed by atoms with Crippen molar-refractivity contribution in [2.24, 2.45) is 0 Å². The summed E-state index contributed by atoms with van der Waals surface area (Å²) in [5.41, 5.74) is 2.27. The first-order chi connectivity index (χ1) is 10.2. The Hall–Kier alpha value is -2.43. The summed E-state index contributed by atoms with van der Waals surface area (Å²) in [4.78, 5) is 22.7. The van der Waals surface area contributed by atoms with Gasteiger partial charge in [-0.15, -0.1) is 0 Å². The van der Waals surface area contributed by atoms with Crippen molar-refractivity contribution >= 4 is 17.5 Å². The molecule has 0 aliphatic rings. The lowest BCUT2D eigenvalue weighted by Crippen LogP contribution is -2.24. The molecular formula is C16H20N4O. The number of carbonyl (C=O) groups is 1. The molecular weight excluding hydrogens is 264 g/mol. The topological polar surface area (TPSA) is 58.1 Å². The van der Waals surface area contributed by atoms with Crippen molar-refractivity contribution in [1.29, 1.82) is 0 Å². The highest BCUT2D eigenvalue weighted by atomic mass is 16.1. The molecule has 0 bridgehead atoms. The maximum Gasteiger partial charge on any atom is 0.258 e. The Balaban J connectivity index is 2.12. The van der Waals surface area contributed by atoms with Crippen molar-refractivity contribution in [1.82, 2.24) is 9.97 Å². The van der Waals surface area contributed by atoms with Crippen LogP contribution in [0.15, 0.2) is 36.7 Å². The van der Waals surface area contributed by atoms with Crippen LogP contribution in [0.5, 0.6) is 0 Å². The van der Waals surface area contributed by atoms with Gasteiger partial charge in [0.25, 0.3) is 5.91 Å². The fraction of sp³-hybridized carbons (Fsp3) is 0.312. The normalized spacial score (nSPS) is 10.2. The average molecular weight is 284 g/mol. The quantitative estimate of drug-likeness (QED) is 0.917. The Bertz CT molecular complexity index is 606. The van der Waals surface area contributed by atoms with E-state index in [0.717, 1.165) is 24.3 Å². The number of nitrogens with one attached hydrogen (secondary N) is 1. The summed E-state index contributed by atoms with van der Waals surface area (Å²) in [7, 11) is 0. The zero-order valence-corrected chi connectivity index (χ0v) is 12.6. The number of aromatic nitrogens is 2. The van der Waals surface area contributed by atoms with Crippen molar-refractivity contribution in [2.75, 3.05) is 23.3 Å². The van der Waals surface area contributed by atoms with Crippen molar-refractivity contribution in [3.05, 3.63) is 47.8 Å². The Morgan fingerprint density at radius 1 is 1.14 bits per heavy atom. The van der Waals surface area contributed by atoms with E-state index >= 15 is 0 Å². The Morgan fingerprint density at radius 2 is 1.76 bits per heavy atom. The van der Waals surface area contributed by atoms with Crippen molar-refractivity contribution in [2.45, 2.75) is 20.8 Å². The van der Waals surface area contributed by atoms with Gasteiger partial charge < -0.3 is 10.2 Å². The molecule has 1 heterocycles. The zero-order valence-electron chi connectivity index (χ0n) is 12.6. The summed E-state index contributed by atoms with van der Waals surface area (Å²) >= 11 is 0. The molecule has 5 heteroatoms. The SMILES string of the molecule is CCN(CC)c1ncc(C(=O)Nc2ccccc2C)cn1. The van der Waals surface area contributed by atoms with E-state index in [1.165, 1.54) is 0 Å². The molecule has 110 valence electrons. The molecule has 0 atom stereocenters. The summed E-state index contributed by atoms with van der Waals surface area (Å²) in [6.45, 7) is 7.73. The summed E-state index contributed by atoms with van der Waals surface area (Å²) < 4.78 is 0. The molecule has 21 heavy (non-hydrogen) atoms. The highest BCUT2D eigenvalue weighted by Gasteiger charge is 2.10. The number of nitrogens with zero attached hydrogens (tertiary/aromatic N) is 3. The van der Waals surface area contributed by atoms with Crippen LogP contribution in [0.2, 0.25) is 0 Å². The fourth-order valence-corrected chi connectivity index (χ4v) is 2.02. The third kappa shape index (κ3) is 3.56. The van der Waals surface area contributed by atoms with Crippen LogP contribution < -0.4 is 10.2 Å². The standard InChI is InChI=1S/C16H20N4O/c1-4-20(5-2)16-17-10-13(11-18-16)15(21)19-14-9-7-6-8-12(14)3/h6-11H,4-5H2,1-3H3,(H,19,21). The predicted octanol–water partition coefficient (Wildman–Crippen LogP) is 2.88. The molecule has 1 N–H and O–H groups in total. The number of benzene rings is 1. The van der Waals surface area contributed by atoms with Gasteiger partial charge in [-0.05, 0) is 32.4 Å². The third-order valence-electron chi connectivity index (χ3n) is 3.34. The van der Waals surface area contributed by atoms with E-state index < -0.39 is 0 Å². The van der Waals surface area contributed by atoms with Gasteiger partial charge in [-0.3, -0.25) is 4.79 Å². The van der Waals surface area contributed by atoms with E-state index in [9.17, 15) is 4.79 Å². The average Bonchev–Trinajstić information content (AvgIpc) is 2.51. The highest BCUT2D eigenvalue weighted by molar-refractivity contribution is 6.04. The smallest absolute Gasteiger partial charge is 0.258 e. The van der Waals surface area contributed by atoms with Crippen LogP contribution in [0.25, 0.3) is 0 Å². The van der Waals surface area contributed by atoms with Gasteiger partial charge in [-0.25, -0.2) is 9.97 Å². The van der Waals surface area contributed by atoms with Crippen LogP contribution in [0.3, 0.4) is 0 Å². The van der Waals surface area contributed by atoms with E-state index in [4.69, 9.17) is 0 Å². The molecule has 0 fully saturated rings. The lowest BCUT2D eigenvalue weighted by atomic mass is 10.2. The first-order valence-corrected chi connectivity index (χ1v) is 7.09. The third-order valence-corrected chi connectivity index (χ3v) is 3.34. The minimum absolute atomic E-state index is 0.199. The van der Waals surface area contributed by atoms with E-state index in [-0.39, 0.29) is 5.91 Å². The van der Waals surface area contributed by atoms with Crippen LogP contribution in [-0.4, -0.2) is 29.0 Å². The van der Waals surface area contributed by atoms with Gasteiger partial charge in [-0.2, -0.15) is 0 Å². The molecule has 2 rings (SSSR count). The highest BCUT2D eigenvalue weighted by Crippen LogP contribution is 2.14. The summed E-state index contributed by atoms with van der Waals surface area (Å²) in [5, 5.41) is 2.87. The number of para-hydroxylation sites is 1. The number of amides is 1. The summed E-state index contributed by atoms with van der Waals surface area (Å²) in [5.74, 6) is 0.447. The van der Waals surface area contributed by atoms with Gasteiger partial charge in [-0.1, -0.05) is 18.2 Å². The molecule has 0 saturated carbocycles. The van der Waals surface area contributed by atoms with Crippen LogP contribution in [0.4, 0.5) is 11.6 Å². The van der Waals surface area contributed by atoms with Gasteiger partial charge in [0.05, 0.1) is 5.56 Å². The van der Waals surface area contributed by atoms with Gasteiger partial charge in [0.2, 0.25) is 5.95 Å². The molecule has 1 aromatic carbocycles. The van der Waals surface area contributed by atoms with Crippen molar-refractivity contribution in [3.63, 3.8) is 0 Å². The maximum absolute atomic E-state index is 12.2. The Morgan fingerprint density at radius 3 is 2.33 bits per heavy atom. The second-order valence-corrected chi connectivity index (χ2v) is 4.71. The fourth-order valence-electron chi connectivity index (χ4n) is 2.02. The first-order valence-electron chi connectivity index (χ1n) is 7.09. The summed E-state index contributed by atoms with van der Waals surface area (Å²) in [6.07, 6.45) is 3.13. The van der Waals surface area contributed by atoms with Gasteiger partial charge >= 0.3 is 0 Å². The minimum Gasteiger partial charge on any atom is -0.341 e. The van der Waals surface area contributed by atoms with Gasteiger partial charge in [0.15, 0.2) is 0 Å². The molecule has 5 nitrogen and oxygen atoms in total. The van der Waals surface area contributed by atoms with E-state index in [1.807, 2.05) is 49.9 Å². The number of anilines is 2. The van der Waals surface area contributed by atoms with Crippen LogP contribution in [-0.2, 0) is 0 Å². The molecule has 2 aromatic rings. The molecule has 0 saturated heterocycles. The molecule has 0 radical (unpaired) electrons. The largest absolute Gasteiger partial charge is 0.341 e. The van der Waals surface area contributed by atoms with E-state index in [2.05, 4.69) is 15.3 Å². The molecule has 0 unspecified atom stereocenters. The molecule has 0 aliphatic carbocycles.